The van der Waals surface area contributed by atoms with Gasteiger partial charge in [-0.05, 0) is 54.4 Å². The van der Waals surface area contributed by atoms with Crippen molar-refractivity contribution in [3.63, 3.8) is 0 Å². The number of nitrogens with zero attached hydrogens (tertiary/aromatic N) is 3. The number of hydrogen-bond donors (Lipinski definition) is 0. The van der Waals surface area contributed by atoms with Crippen LogP contribution in [-0.4, -0.2) is 48.7 Å². The summed E-state index contributed by atoms with van der Waals surface area (Å²) >= 11 is 0. The van der Waals surface area contributed by atoms with Crippen molar-refractivity contribution >= 4 is 11.6 Å². The second-order valence-electron chi connectivity index (χ2n) is 7.77. The standard InChI is InChI=1S/C25H29N3O2/c1-20-7-3-4-8-23(20)24(27-13-5-6-14-27)19-25(29)28-17-15-26(16-18-28)21-9-11-22(30-2)12-10-21/h3-14,24H,15-19H2,1-2H3/t24-/m1/s1. The Morgan fingerprint density at radius 2 is 1.60 bits per heavy atom. The first-order valence-electron chi connectivity index (χ1n) is 10.5. The molecule has 2 aromatic carbocycles. The molecule has 0 unspecified atom stereocenters. The van der Waals surface area contributed by atoms with Crippen molar-refractivity contribution in [1.29, 1.82) is 0 Å². The van der Waals surface area contributed by atoms with Gasteiger partial charge in [-0.25, -0.2) is 0 Å². The van der Waals surface area contributed by atoms with Crippen molar-refractivity contribution in [3.05, 3.63) is 84.2 Å². The number of carbonyl (C=O) groups excluding carboxylic acids is 1. The highest BCUT2D eigenvalue weighted by molar-refractivity contribution is 5.77. The molecular weight excluding hydrogens is 374 g/mol. The van der Waals surface area contributed by atoms with E-state index >= 15 is 0 Å². The molecule has 4 rings (SSSR count). The zero-order valence-corrected chi connectivity index (χ0v) is 17.7. The summed E-state index contributed by atoms with van der Waals surface area (Å²) in [4.78, 5) is 17.5. The van der Waals surface area contributed by atoms with E-state index in [2.05, 4.69) is 46.7 Å². The van der Waals surface area contributed by atoms with Crippen LogP contribution in [0, 0.1) is 6.92 Å². The number of amides is 1. The summed E-state index contributed by atoms with van der Waals surface area (Å²) in [7, 11) is 1.68. The van der Waals surface area contributed by atoms with Gasteiger partial charge in [0.25, 0.3) is 0 Å². The SMILES string of the molecule is COc1ccc(N2CCN(C(=O)C[C@H](c3ccccc3C)n3cccc3)CC2)cc1. The summed E-state index contributed by atoms with van der Waals surface area (Å²) < 4.78 is 7.39. The summed E-state index contributed by atoms with van der Waals surface area (Å²) in [5.41, 5.74) is 3.60. The number of ether oxygens (including phenoxy) is 1. The first-order chi connectivity index (χ1) is 14.7. The number of hydrogen-bond acceptors (Lipinski definition) is 3. The molecule has 1 aliphatic rings. The van der Waals surface area contributed by atoms with Crippen LogP contribution in [0.3, 0.4) is 0 Å². The highest BCUT2D eigenvalue weighted by Crippen LogP contribution is 2.27. The van der Waals surface area contributed by atoms with Crippen molar-refractivity contribution in [2.24, 2.45) is 0 Å². The molecule has 0 spiro atoms. The summed E-state index contributed by atoms with van der Waals surface area (Å²) in [6.45, 7) is 5.30. The van der Waals surface area contributed by atoms with E-state index in [9.17, 15) is 4.79 Å². The van der Waals surface area contributed by atoms with E-state index in [1.54, 1.807) is 7.11 Å². The highest BCUT2D eigenvalue weighted by Gasteiger charge is 2.25. The Bertz CT molecular complexity index is 958. The number of aromatic nitrogens is 1. The van der Waals surface area contributed by atoms with Crippen molar-refractivity contribution in [2.75, 3.05) is 38.2 Å². The number of piperazine rings is 1. The Morgan fingerprint density at radius 3 is 2.23 bits per heavy atom. The first kappa shape index (κ1) is 20.1. The zero-order chi connectivity index (χ0) is 20.9. The number of carbonyl (C=O) groups is 1. The lowest BCUT2D eigenvalue weighted by Crippen LogP contribution is -2.49. The van der Waals surface area contributed by atoms with E-state index in [1.165, 1.54) is 16.8 Å². The molecule has 156 valence electrons. The molecule has 5 nitrogen and oxygen atoms in total. The minimum Gasteiger partial charge on any atom is -0.497 e. The maximum Gasteiger partial charge on any atom is 0.225 e. The molecule has 1 atom stereocenters. The van der Waals surface area contributed by atoms with Gasteiger partial charge in [0.05, 0.1) is 19.6 Å². The molecule has 0 radical (unpaired) electrons. The molecule has 0 saturated carbocycles. The molecule has 1 saturated heterocycles. The predicted molar refractivity (Wildman–Crippen MR) is 120 cm³/mol. The summed E-state index contributed by atoms with van der Waals surface area (Å²) in [6.07, 6.45) is 4.57. The zero-order valence-electron chi connectivity index (χ0n) is 17.7. The van der Waals surface area contributed by atoms with Crippen molar-refractivity contribution in [2.45, 2.75) is 19.4 Å². The van der Waals surface area contributed by atoms with Gasteiger partial charge in [0.2, 0.25) is 5.91 Å². The molecule has 5 heteroatoms. The molecule has 0 bridgehead atoms. The normalized spacial score (nSPS) is 15.1. The van der Waals surface area contributed by atoms with Crippen molar-refractivity contribution in [1.82, 2.24) is 9.47 Å². The molecule has 1 amide bonds. The Kier molecular flexibility index (Phi) is 6.07. The van der Waals surface area contributed by atoms with E-state index in [0.717, 1.165) is 31.9 Å². The smallest absolute Gasteiger partial charge is 0.225 e. The van der Waals surface area contributed by atoms with Crippen molar-refractivity contribution < 1.29 is 9.53 Å². The number of methoxy groups -OCH3 is 1. The topological polar surface area (TPSA) is 37.7 Å². The van der Waals surface area contributed by atoms with Gasteiger partial charge in [-0.3, -0.25) is 4.79 Å². The monoisotopic (exact) mass is 403 g/mol. The van der Waals surface area contributed by atoms with Crippen LogP contribution in [0.1, 0.15) is 23.6 Å². The quantitative estimate of drug-likeness (QED) is 0.621. The Balaban J connectivity index is 1.42. The van der Waals surface area contributed by atoms with Gasteiger partial charge in [-0.15, -0.1) is 0 Å². The van der Waals surface area contributed by atoms with Crippen LogP contribution in [0.5, 0.6) is 5.75 Å². The molecule has 1 aromatic heterocycles. The number of aryl methyl sites for hydroxylation is 1. The number of benzene rings is 2. The molecule has 1 fully saturated rings. The van der Waals surface area contributed by atoms with Crippen LogP contribution in [-0.2, 0) is 4.79 Å². The maximum absolute atomic E-state index is 13.2. The highest BCUT2D eigenvalue weighted by atomic mass is 16.5. The minimum atomic E-state index is 0.0216. The maximum atomic E-state index is 13.2. The molecule has 30 heavy (non-hydrogen) atoms. The molecule has 0 aliphatic carbocycles. The van der Waals surface area contributed by atoms with Gasteiger partial charge in [-0.1, -0.05) is 24.3 Å². The fourth-order valence-electron chi connectivity index (χ4n) is 4.19. The molecule has 2 heterocycles. The van der Waals surface area contributed by atoms with Gasteiger partial charge in [-0.2, -0.15) is 0 Å². The van der Waals surface area contributed by atoms with E-state index in [-0.39, 0.29) is 11.9 Å². The van der Waals surface area contributed by atoms with Gasteiger partial charge in [0, 0.05) is 44.3 Å². The van der Waals surface area contributed by atoms with Crippen LogP contribution < -0.4 is 9.64 Å². The Morgan fingerprint density at radius 1 is 0.933 bits per heavy atom. The van der Waals surface area contributed by atoms with Crippen LogP contribution in [0.25, 0.3) is 0 Å². The van der Waals surface area contributed by atoms with Crippen LogP contribution in [0.2, 0.25) is 0 Å². The largest absolute Gasteiger partial charge is 0.497 e. The van der Waals surface area contributed by atoms with Gasteiger partial charge in [0.15, 0.2) is 0 Å². The Labute approximate surface area is 178 Å². The summed E-state index contributed by atoms with van der Waals surface area (Å²) in [5.74, 6) is 1.08. The average molecular weight is 404 g/mol. The number of anilines is 1. The molecule has 3 aromatic rings. The molecule has 1 aliphatic heterocycles. The average Bonchev–Trinajstić information content (AvgIpc) is 3.33. The van der Waals surface area contributed by atoms with Crippen LogP contribution >= 0.6 is 0 Å². The summed E-state index contributed by atoms with van der Waals surface area (Å²) in [6, 6.07) is 20.5. The number of rotatable bonds is 6. The summed E-state index contributed by atoms with van der Waals surface area (Å²) in [5, 5.41) is 0. The third-order valence-electron chi connectivity index (χ3n) is 5.97. The molecular formula is C25H29N3O2. The van der Waals surface area contributed by atoms with E-state index < -0.39 is 0 Å². The molecule has 0 N–H and O–H groups in total. The van der Waals surface area contributed by atoms with Crippen LogP contribution in [0.4, 0.5) is 5.69 Å². The van der Waals surface area contributed by atoms with Crippen molar-refractivity contribution in [3.8, 4) is 5.75 Å². The lowest BCUT2D eigenvalue weighted by Gasteiger charge is -2.37. The lowest BCUT2D eigenvalue weighted by molar-refractivity contribution is -0.132. The van der Waals surface area contributed by atoms with E-state index in [4.69, 9.17) is 4.74 Å². The van der Waals surface area contributed by atoms with Gasteiger partial charge in [0.1, 0.15) is 5.75 Å². The third kappa shape index (κ3) is 4.35. The first-order valence-corrected chi connectivity index (χ1v) is 10.5. The third-order valence-corrected chi connectivity index (χ3v) is 5.97. The van der Waals surface area contributed by atoms with E-state index in [0.29, 0.717) is 6.42 Å². The second-order valence-corrected chi connectivity index (χ2v) is 7.77. The van der Waals surface area contributed by atoms with Crippen LogP contribution in [0.15, 0.2) is 73.1 Å². The van der Waals surface area contributed by atoms with Gasteiger partial charge >= 0.3 is 0 Å². The fourth-order valence-corrected chi connectivity index (χ4v) is 4.19. The van der Waals surface area contributed by atoms with Gasteiger partial charge < -0.3 is 19.1 Å². The fraction of sp³-hybridized carbons (Fsp3) is 0.320. The predicted octanol–water partition coefficient (Wildman–Crippen LogP) is 4.13. The van der Waals surface area contributed by atoms with E-state index in [1.807, 2.05) is 47.6 Å². The second kappa shape index (κ2) is 9.08. The Hall–Kier alpha value is -3.21. The minimum absolute atomic E-state index is 0.0216. The lowest BCUT2D eigenvalue weighted by atomic mass is 9.98.